The zero-order valence-corrected chi connectivity index (χ0v) is 24.7. The van der Waals surface area contributed by atoms with Gasteiger partial charge in [0.15, 0.2) is 0 Å². The lowest BCUT2D eigenvalue weighted by atomic mass is 9.96. The molecule has 2 fully saturated rings. The Bertz CT molecular complexity index is 1170. The van der Waals surface area contributed by atoms with Crippen molar-refractivity contribution in [3.05, 3.63) is 29.5 Å². The van der Waals surface area contributed by atoms with E-state index in [9.17, 15) is 9.59 Å². The fourth-order valence-corrected chi connectivity index (χ4v) is 5.89. The van der Waals surface area contributed by atoms with Crippen molar-refractivity contribution in [1.29, 1.82) is 0 Å². The van der Waals surface area contributed by atoms with E-state index in [1.54, 1.807) is 4.90 Å². The number of carbonyl (C=O) groups is 2. The Morgan fingerprint density at radius 3 is 2.35 bits per heavy atom. The number of aryl methyl sites for hydroxylation is 1. The molecule has 2 heterocycles. The van der Waals surface area contributed by atoms with Crippen molar-refractivity contribution < 1.29 is 19.1 Å². The lowest BCUT2D eigenvalue weighted by Crippen LogP contribution is -2.44. The number of benzene rings is 1. The van der Waals surface area contributed by atoms with Crippen molar-refractivity contribution in [1.82, 2.24) is 20.0 Å². The number of amides is 2. The molecule has 1 saturated heterocycles. The van der Waals surface area contributed by atoms with Gasteiger partial charge >= 0.3 is 6.09 Å². The second-order valence-corrected chi connectivity index (χ2v) is 17.6. The average molecular weight is 533 g/mol. The van der Waals surface area contributed by atoms with Crippen molar-refractivity contribution >= 4 is 32.9 Å². The van der Waals surface area contributed by atoms with Gasteiger partial charge in [-0.2, -0.15) is 5.10 Å². The van der Waals surface area contributed by atoms with E-state index in [1.807, 2.05) is 45.4 Å². The maximum Gasteiger partial charge on any atom is 0.410 e. The SMILES string of the molecule is Cc1cccc2c(C(C)(C)NC(=O)[C@H]3[C@@H]4CN(C(=O)OC(C)(C)C)C[C@@H]43)nn(COCCS(C)(C)C)c12. The first kappa shape index (κ1) is 27.8. The molecule has 0 radical (unpaired) electrons. The highest BCUT2D eigenvalue weighted by Gasteiger charge is 2.61. The fourth-order valence-electron chi connectivity index (χ4n) is 5.27. The summed E-state index contributed by atoms with van der Waals surface area (Å²) in [4.78, 5) is 27.5. The van der Waals surface area contributed by atoms with E-state index >= 15 is 0 Å². The second-order valence-electron chi connectivity index (χ2n) is 13.0. The second kappa shape index (κ2) is 9.80. The summed E-state index contributed by atoms with van der Waals surface area (Å²) in [6.45, 7) is 13.9. The van der Waals surface area contributed by atoms with Gasteiger partial charge in [-0.3, -0.25) is 4.79 Å². The molecule has 206 valence electrons. The molecule has 1 N–H and O–H groups in total. The van der Waals surface area contributed by atoms with Crippen LogP contribution in [0.3, 0.4) is 0 Å². The van der Waals surface area contributed by atoms with E-state index in [2.05, 4.69) is 43.1 Å². The molecule has 2 aliphatic rings. The van der Waals surface area contributed by atoms with Crippen molar-refractivity contribution in [3.63, 3.8) is 0 Å². The lowest BCUT2D eigenvalue weighted by molar-refractivity contribution is -0.125. The number of rotatable bonds is 8. The van der Waals surface area contributed by atoms with Crippen LogP contribution in [0.4, 0.5) is 4.79 Å². The molecule has 0 bridgehead atoms. The van der Waals surface area contributed by atoms with Gasteiger partial charge in [-0.1, -0.05) is 18.2 Å². The normalized spacial score (nSPS) is 22.2. The summed E-state index contributed by atoms with van der Waals surface area (Å²) < 4.78 is 13.4. The van der Waals surface area contributed by atoms with Gasteiger partial charge in [0.25, 0.3) is 0 Å². The smallest absolute Gasteiger partial charge is 0.410 e. The molecule has 1 saturated carbocycles. The van der Waals surface area contributed by atoms with Gasteiger partial charge in [0.2, 0.25) is 5.91 Å². The molecule has 1 aliphatic carbocycles. The molecule has 0 spiro atoms. The molecular formula is C28H44N4O4S. The Labute approximate surface area is 222 Å². The maximum absolute atomic E-state index is 13.3. The van der Waals surface area contributed by atoms with Gasteiger partial charge in [-0.15, -0.1) is 0 Å². The van der Waals surface area contributed by atoms with Gasteiger partial charge < -0.3 is 19.7 Å². The fraction of sp³-hybridized carbons (Fsp3) is 0.679. The quantitative estimate of drug-likeness (QED) is 0.507. The number of hydrogen-bond acceptors (Lipinski definition) is 5. The van der Waals surface area contributed by atoms with Crippen LogP contribution in [-0.4, -0.2) is 76.5 Å². The first-order chi connectivity index (χ1) is 17.1. The Morgan fingerprint density at radius 2 is 1.76 bits per heavy atom. The van der Waals surface area contributed by atoms with Crippen LogP contribution in [0.25, 0.3) is 10.9 Å². The molecule has 9 heteroatoms. The predicted molar refractivity (Wildman–Crippen MR) is 150 cm³/mol. The molecule has 1 aromatic heterocycles. The molecule has 3 atom stereocenters. The first-order valence-electron chi connectivity index (χ1n) is 13.1. The summed E-state index contributed by atoms with van der Waals surface area (Å²) >= 11 is 0. The number of carbonyl (C=O) groups excluding carboxylic acids is 2. The number of para-hydroxylation sites is 1. The van der Waals surface area contributed by atoms with Crippen LogP contribution in [-0.2, 0) is 26.5 Å². The number of fused-ring (bicyclic) bond motifs is 2. The Morgan fingerprint density at radius 1 is 1.11 bits per heavy atom. The highest BCUT2D eigenvalue weighted by Crippen LogP contribution is 2.52. The standard InChI is InChI=1S/C28H44N4O4S/c1-18-11-10-12-19-23(18)32(17-35-13-14-37(7,8)9)30-24(19)28(5,6)29-25(33)22-20-15-31(16-21(20)22)26(34)36-27(2,3)4/h10-12,20-22H,13-17H2,1-9H3,(H,29,33)/t20-,21+,22+. The Balaban J connectivity index is 1.43. The number of piperidine rings is 1. The Kier molecular flexibility index (Phi) is 7.36. The zero-order valence-electron chi connectivity index (χ0n) is 23.9. The van der Waals surface area contributed by atoms with Crippen LogP contribution in [0.5, 0.6) is 0 Å². The number of aromatic nitrogens is 2. The summed E-state index contributed by atoms with van der Waals surface area (Å²) in [7, 11) is -0.617. The lowest BCUT2D eigenvalue weighted by Gasteiger charge is -2.27. The number of hydrogen-bond donors (Lipinski definition) is 1. The van der Waals surface area contributed by atoms with Crippen LogP contribution in [0.1, 0.15) is 45.9 Å². The van der Waals surface area contributed by atoms with E-state index < -0.39 is 21.2 Å². The average Bonchev–Trinajstić information content (AvgIpc) is 3.07. The van der Waals surface area contributed by atoms with Gasteiger partial charge in [0, 0.05) is 30.1 Å². The van der Waals surface area contributed by atoms with E-state index in [0.29, 0.717) is 26.4 Å². The predicted octanol–water partition coefficient (Wildman–Crippen LogP) is 4.48. The van der Waals surface area contributed by atoms with Crippen molar-refractivity contribution in [2.45, 2.75) is 59.4 Å². The third-order valence-corrected chi connectivity index (χ3v) is 8.59. The van der Waals surface area contributed by atoms with E-state index in [4.69, 9.17) is 14.6 Å². The zero-order chi connectivity index (χ0) is 27.3. The largest absolute Gasteiger partial charge is 0.444 e. The number of ether oxygens (including phenoxy) is 2. The number of nitrogens with zero attached hydrogens (tertiary/aromatic N) is 3. The van der Waals surface area contributed by atoms with Crippen molar-refractivity contribution in [2.24, 2.45) is 17.8 Å². The van der Waals surface area contributed by atoms with E-state index in [1.165, 1.54) is 0 Å². The minimum atomic E-state index is -0.661. The summed E-state index contributed by atoms with van der Waals surface area (Å²) in [5.41, 5.74) is 1.83. The Hall–Kier alpha value is -2.26. The van der Waals surface area contributed by atoms with Gasteiger partial charge in [0.1, 0.15) is 12.3 Å². The van der Waals surface area contributed by atoms with Crippen LogP contribution >= 0.6 is 10.0 Å². The highest BCUT2D eigenvalue weighted by molar-refractivity contribution is 8.32. The summed E-state index contributed by atoms with van der Waals surface area (Å²) in [6.07, 6.45) is 6.57. The van der Waals surface area contributed by atoms with Crippen LogP contribution in [0.15, 0.2) is 18.2 Å². The molecule has 1 aliphatic heterocycles. The van der Waals surface area contributed by atoms with Gasteiger partial charge in [-0.05, 0) is 77.7 Å². The molecule has 2 aromatic rings. The molecule has 8 nitrogen and oxygen atoms in total. The van der Waals surface area contributed by atoms with Gasteiger partial charge in [0.05, 0.1) is 23.4 Å². The van der Waals surface area contributed by atoms with Crippen molar-refractivity contribution in [2.75, 3.05) is 44.2 Å². The highest BCUT2D eigenvalue weighted by atomic mass is 32.3. The summed E-state index contributed by atoms with van der Waals surface area (Å²) in [5.74, 6) is 1.39. The van der Waals surface area contributed by atoms with E-state index in [0.717, 1.165) is 27.9 Å². The van der Waals surface area contributed by atoms with Crippen molar-refractivity contribution in [3.8, 4) is 0 Å². The van der Waals surface area contributed by atoms with Crippen LogP contribution in [0.2, 0.25) is 0 Å². The molecule has 1 aromatic carbocycles. The summed E-state index contributed by atoms with van der Waals surface area (Å²) in [6, 6.07) is 6.18. The first-order valence-corrected chi connectivity index (χ1v) is 16.1. The third kappa shape index (κ3) is 6.25. The van der Waals surface area contributed by atoms with Crippen LogP contribution < -0.4 is 5.32 Å². The molecule has 37 heavy (non-hydrogen) atoms. The van der Waals surface area contributed by atoms with Crippen LogP contribution in [0, 0.1) is 24.7 Å². The number of likely N-dealkylation sites (tertiary alicyclic amines) is 1. The third-order valence-electron chi connectivity index (χ3n) is 7.20. The maximum atomic E-state index is 13.3. The van der Waals surface area contributed by atoms with E-state index in [-0.39, 0.29) is 29.8 Å². The topological polar surface area (TPSA) is 85.7 Å². The number of nitrogens with one attached hydrogen (secondary N) is 1. The molecular weight excluding hydrogens is 488 g/mol. The minimum Gasteiger partial charge on any atom is -0.444 e. The molecule has 4 rings (SSSR count). The monoisotopic (exact) mass is 532 g/mol. The molecule has 0 unspecified atom stereocenters. The summed E-state index contributed by atoms with van der Waals surface area (Å²) in [5, 5.41) is 9.25. The van der Waals surface area contributed by atoms with Gasteiger partial charge in [-0.25, -0.2) is 19.5 Å². The minimum absolute atomic E-state index is 0.0311. The molecule has 2 amide bonds.